The van der Waals surface area contributed by atoms with Crippen LogP contribution in [0.5, 0.6) is 0 Å². The van der Waals surface area contributed by atoms with Crippen LogP contribution in [0.4, 0.5) is 0 Å². The van der Waals surface area contributed by atoms with E-state index in [0.29, 0.717) is 5.92 Å². The van der Waals surface area contributed by atoms with Gasteiger partial charge in [-0.25, -0.2) is 4.98 Å². The van der Waals surface area contributed by atoms with Crippen LogP contribution < -0.4 is 10.6 Å². The molecule has 0 radical (unpaired) electrons. The lowest BCUT2D eigenvalue weighted by Crippen LogP contribution is -2.39. The molecule has 2 rings (SSSR count). The van der Waals surface area contributed by atoms with E-state index in [4.69, 9.17) is 0 Å². The van der Waals surface area contributed by atoms with Gasteiger partial charge in [0.25, 0.3) is 0 Å². The second kappa shape index (κ2) is 8.29. The third-order valence-electron chi connectivity index (χ3n) is 3.56. The Morgan fingerprint density at radius 1 is 1.36 bits per heavy atom. The molecule has 120 valence electrons. The number of thiophene rings is 1. The van der Waals surface area contributed by atoms with Crippen molar-refractivity contribution in [2.24, 2.45) is 4.99 Å². The van der Waals surface area contributed by atoms with E-state index in [2.05, 4.69) is 58.2 Å². The molecule has 2 aromatic heterocycles. The second-order valence-corrected chi connectivity index (χ2v) is 7.40. The van der Waals surface area contributed by atoms with Crippen LogP contribution >= 0.6 is 22.7 Å². The van der Waals surface area contributed by atoms with Crippen molar-refractivity contribution in [3.63, 3.8) is 0 Å². The lowest BCUT2D eigenvalue weighted by atomic mass is 10.1. The first kappa shape index (κ1) is 17.0. The molecule has 0 aliphatic heterocycles. The standard InChI is InChI=1S/C16H24N4S2/c1-11(14-6-8-21-10-14)9-19-16(17-4)18-7-5-15-12(2)20-13(3)22-15/h6,8,10-11H,5,7,9H2,1-4H3,(H2,17,18,19). The Kier molecular flexibility index (Phi) is 6.39. The van der Waals surface area contributed by atoms with Gasteiger partial charge in [-0.15, -0.1) is 11.3 Å². The van der Waals surface area contributed by atoms with Crippen LogP contribution in [-0.4, -0.2) is 31.1 Å². The number of nitrogens with zero attached hydrogens (tertiary/aromatic N) is 2. The fourth-order valence-electron chi connectivity index (χ4n) is 2.24. The monoisotopic (exact) mass is 336 g/mol. The van der Waals surface area contributed by atoms with Gasteiger partial charge in [0, 0.05) is 31.4 Å². The first-order valence-electron chi connectivity index (χ1n) is 7.49. The number of aryl methyl sites for hydroxylation is 2. The Bertz CT molecular complexity index is 602. The Hall–Kier alpha value is -1.40. The van der Waals surface area contributed by atoms with Crippen LogP contribution in [0.1, 0.15) is 34.0 Å². The smallest absolute Gasteiger partial charge is 0.191 e. The zero-order valence-corrected chi connectivity index (χ0v) is 15.3. The van der Waals surface area contributed by atoms with E-state index in [-0.39, 0.29) is 0 Å². The average Bonchev–Trinajstić information content (AvgIpc) is 3.12. The van der Waals surface area contributed by atoms with Gasteiger partial charge in [-0.1, -0.05) is 6.92 Å². The highest BCUT2D eigenvalue weighted by molar-refractivity contribution is 7.11. The van der Waals surface area contributed by atoms with Gasteiger partial charge >= 0.3 is 0 Å². The second-order valence-electron chi connectivity index (χ2n) is 5.33. The van der Waals surface area contributed by atoms with Gasteiger partial charge in [0.2, 0.25) is 0 Å². The van der Waals surface area contributed by atoms with Crippen molar-refractivity contribution in [2.75, 3.05) is 20.1 Å². The molecule has 0 saturated carbocycles. The Labute approximate surface area is 140 Å². The van der Waals surface area contributed by atoms with Crippen molar-refractivity contribution in [3.8, 4) is 0 Å². The number of nitrogens with one attached hydrogen (secondary N) is 2. The molecule has 0 spiro atoms. The fourth-order valence-corrected chi connectivity index (χ4v) is 3.96. The molecule has 0 aliphatic carbocycles. The van der Waals surface area contributed by atoms with Gasteiger partial charge < -0.3 is 10.6 Å². The molecule has 0 saturated heterocycles. The third-order valence-corrected chi connectivity index (χ3v) is 5.39. The molecule has 2 N–H and O–H groups in total. The molecule has 6 heteroatoms. The highest BCUT2D eigenvalue weighted by Gasteiger charge is 2.08. The average molecular weight is 337 g/mol. The SMILES string of the molecule is CN=C(NCCc1sc(C)nc1C)NCC(C)c1ccsc1. The van der Waals surface area contributed by atoms with Gasteiger partial charge in [0.05, 0.1) is 10.7 Å². The number of hydrogen-bond donors (Lipinski definition) is 2. The predicted molar refractivity (Wildman–Crippen MR) is 97.4 cm³/mol. The van der Waals surface area contributed by atoms with Gasteiger partial charge in [0.15, 0.2) is 5.96 Å². The maximum absolute atomic E-state index is 4.46. The molecule has 4 nitrogen and oxygen atoms in total. The molecule has 2 aromatic rings. The van der Waals surface area contributed by atoms with Gasteiger partial charge in [0.1, 0.15) is 0 Å². The Balaban J connectivity index is 1.74. The molecule has 2 heterocycles. The summed E-state index contributed by atoms with van der Waals surface area (Å²) in [6, 6.07) is 2.18. The molecular weight excluding hydrogens is 312 g/mol. The number of hydrogen-bond acceptors (Lipinski definition) is 4. The number of aromatic nitrogens is 1. The van der Waals surface area contributed by atoms with E-state index >= 15 is 0 Å². The fraction of sp³-hybridized carbons (Fsp3) is 0.500. The summed E-state index contributed by atoms with van der Waals surface area (Å²) in [5, 5.41) is 12.2. The third kappa shape index (κ3) is 4.81. The van der Waals surface area contributed by atoms with E-state index in [1.165, 1.54) is 10.4 Å². The molecule has 1 atom stereocenters. The molecular formula is C16H24N4S2. The van der Waals surface area contributed by atoms with Crippen molar-refractivity contribution >= 4 is 28.6 Å². The summed E-state index contributed by atoms with van der Waals surface area (Å²) in [5.74, 6) is 1.34. The van der Waals surface area contributed by atoms with Gasteiger partial charge in [-0.05, 0) is 42.2 Å². The van der Waals surface area contributed by atoms with Crippen LogP contribution in [0.25, 0.3) is 0 Å². The summed E-state index contributed by atoms with van der Waals surface area (Å²) >= 11 is 3.52. The van der Waals surface area contributed by atoms with E-state index in [0.717, 1.165) is 36.2 Å². The molecule has 0 bridgehead atoms. The number of rotatable bonds is 6. The van der Waals surface area contributed by atoms with Crippen LogP contribution in [-0.2, 0) is 6.42 Å². The number of thiazole rings is 1. The summed E-state index contributed by atoms with van der Waals surface area (Å²) < 4.78 is 0. The summed E-state index contributed by atoms with van der Waals surface area (Å²) in [4.78, 5) is 10.1. The minimum Gasteiger partial charge on any atom is -0.356 e. The Morgan fingerprint density at radius 3 is 2.77 bits per heavy atom. The Morgan fingerprint density at radius 2 is 2.18 bits per heavy atom. The molecule has 0 amide bonds. The topological polar surface area (TPSA) is 49.3 Å². The summed E-state index contributed by atoms with van der Waals surface area (Å²) in [7, 11) is 1.81. The van der Waals surface area contributed by atoms with Crippen LogP contribution in [0, 0.1) is 13.8 Å². The first-order valence-corrected chi connectivity index (χ1v) is 9.25. The molecule has 0 aromatic carbocycles. The molecule has 0 fully saturated rings. The van der Waals surface area contributed by atoms with E-state index in [1.54, 1.807) is 22.7 Å². The van der Waals surface area contributed by atoms with Crippen molar-refractivity contribution < 1.29 is 0 Å². The van der Waals surface area contributed by atoms with Crippen LogP contribution in [0.3, 0.4) is 0 Å². The van der Waals surface area contributed by atoms with Crippen molar-refractivity contribution in [1.29, 1.82) is 0 Å². The van der Waals surface area contributed by atoms with Gasteiger partial charge in [-0.3, -0.25) is 4.99 Å². The highest BCUT2D eigenvalue weighted by Crippen LogP contribution is 2.18. The normalized spacial score (nSPS) is 13.2. The predicted octanol–water partition coefficient (Wildman–Crippen LogP) is 3.33. The first-order chi connectivity index (χ1) is 10.6. The van der Waals surface area contributed by atoms with E-state index in [1.807, 2.05) is 7.05 Å². The van der Waals surface area contributed by atoms with Crippen LogP contribution in [0.15, 0.2) is 21.8 Å². The number of guanidine groups is 1. The molecule has 22 heavy (non-hydrogen) atoms. The van der Waals surface area contributed by atoms with Crippen molar-refractivity contribution in [1.82, 2.24) is 15.6 Å². The molecule has 1 unspecified atom stereocenters. The van der Waals surface area contributed by atoms with Crippen molar-refractivity contribution in [3.05, 3.63) is 38.0 Å². The summed E-state index contributed by atoms with van der Waals surface area (Å²) in [6.45, 7) is 8.12. The maximum Gasteiger partial charge on any atom is 0.191 e. The number of aliphatic imine (C=N–C) groups is 1. The van der Waals surface area contributed by atoms with E-state index in [9.17, 15) is 0 Å². The minimum absolute atomic E-state index is 0.483. The van der Waals surface area contributed by atoms with Crippen LogP contribution in [0.2, 0.25) is 0 Å². The van der Waals surface area contributed by atoms with E-state index < -0.39 is 0 Å². The largest absolute Gasteiger partial charge is 0.356 e. The van der Waals surface area contributed by atoms with Gasteiger partial charge in [-0.2, -0.15) is 11.3 Å². The zero-order chi connectivity index (χ0) is 15.9. The summed E-state index contributed by atoms with van der Waals surface area (Å²) in [6.07, 6.45) is 0.984. The maximum atomic E-state index is 4.46. The zero-order valence-electron chi connectivity index (χ0n) is 13.6. The minimum atomic E-state index is 0.483. The molecule has 0 aliphatic rings. The highest BCUT2D eigenvalue weighted by atomic mass is 32.1. The summed E-state index contributed by atoms with van der Waals surface area (Å²) in [5.41, 5.74) is 2.53. The quantitative estimate of drug-likeness (QED) is 0.628. The van der Waals surface area contributed by atoms with Crippen molar-refractivity contribution in [2.45, 2.75) is 33.1 Å². The lowest BCUT2D eigenvalue weighted by molar-refractivity contribution is 0.700. The lowest BCUT2D eigenvalue weighted by Gasteiger charge is -2.15.